The number of benzene rings is 2. The quantitative estimate of drug-likeness (QED) is 0.474. The lowest BCUT2D eigenvalue weighted by molar-refractivity contribution is 0.405. The largest absolute Gasteiger partial charge is 0.497 e. The second-order valence-corrected chi connectivity index (χ2v) is 6.93. The van der Waals surface area contributed by atoms with Crippen LogP contribution in [0, 0.1) is 0 Å². The summed E-state index contributed by atoms with van der Waals surface area (Å²) in [6.07, 6.45) is 0. The maximum atomic E-state index is 12.4. The van der Waals surface area contributed by atoms with Gasteiger partial charge in [0, 0.05) is 11.5 Å². The van der Waals surface area contributed by atoms with Gasteiger partial charge in [0.1, 0.15) is 22.8 Å². The van der Waals surface area contributed by atoms with E-state index in [-0.39, 0.29) is 0 Å². The van der Waals surface area contributed by atoms with Gasteiger partial charge in [-0.15, -0.1) is 10.2 Å². The third-order valence-corrected chi connectivity index (χ3v) is 5.11. The van der Waals surface area contributed by atoms with Crippen molar-refractivity contribution in [2.24, 2.45) is 0 Å². The highest BCUT2D eigenvalue weighted by Crippen LogP contribution is 2.34. The highest BCUT2D eigenvalue weighted by Gasteiger charge is 2.15. The summed E-state index contributed by atoms with van der Waals surface area (Å²) in [6.45, 7) is 0. The van der Waals surface area contributed by atoms with Crippen molar-refractivity contribution in [2.75, 3.05) is 26.6 Å². The molecule has 2 aromatic heterocycles. The average Bonchev–Trinajstić information content (AvgIpc) is 3.21. The van der Waals surface area contributed by atoms with E-state index < -0.39 is 5.63 Å². The van der Waals surface area contributed by atoms with Crippen molar-refractivity contribution in [1.29, 1.82) is 0 Å². The zero-order valence-corrected chi connectivity index (χ0v) is 16.7. The van der Waals surface area contributed by atoms with Gasteiger partial charge in [-0.3, -0.25) is 0 Å². The number of hydrogen-bond acceptors (Lipinski definition) is 9. The summed E-state index contributed by atoms with van der Waals surface area (Å²) in [5.74, 6) is 1.96. The van der Waals surface area contributed by atoms with Crippen LogP contribution >= 0.6 is 11.3 Å². The fraction of sp³-hybridized carbons (Fsp3) is 0.150. The lowest BCUT2D eigenvalue weighted by atomic mass is 10.2. The SMILES string of the molecule is COc1ccc(OC)c(Nc2nnc(-c3cc4cc(OC)ccc4oc3=O)s2)c1. The number of ether oxygens (including phenoxy) is 3. The first kappa shape index (κ1) is 18.8. The van der Waals surface area contributed by atoms with Gasteiger partial charge in [-0.25, -0.2) is 4.79 Å². The summed E-state index contributed by atoms with van der Waals surface area (Å²) < 4.78 is 21.3. The minimum Gasteiger partial charge on any atom is -0.497 e. The molecule has 9 heteroatoms. The van der Waals surface area contributed by atoms with E-state index in [1.165, 1.54) is 11.3 Å². The van der Waals surface area contributed by atoms with E-state index in [1.807, 2.05) is 0 Å². The predicted molar refractivity (Wildman–Crippen MR) is 111 cm³/mol. The van der Waals surface area contributed by atoms with Gasteiger partial charge in [0.15, 0.2) is 5.01 Å². The Morgan fingerprint density at radius 1 is 0.931 bits per heavy atom. The molecule has 0 amide bonds. The number of nitrogens with one attached hydrogen (secondary N) is 1. The zero-order valence-electron chi connectivity index (χ0n) is 15.9. The maximum absolute atomic E-state index is 12.4. The molecule has 2 aromatic carbocycles. The summed E-state index contributed by atoms with van der Waals surface area (Å²) in [5.41, 5.74) is 0.992. The molecule has 2 heterocycles. The van der Waals surface area contributed by atoms with Crippen molar-refractivity contribution < 1.29 is 18.6 Å². The molecule has 0 aliphatic rings. The van der Waals surface area contributed by atoms with Gasteiger partial charge in [0.2, 0.25) is 5.13 Å². The van der Waals surface area contributed by atoms with Crippen LogP contribution in [0.3, 0.4) is 0 Å². The molecule has 0 aliphatic heterocycles. The van der Waals surface area contributed by atoms with E-state index in [4.69, 9.17) is 18.6 Å². The molecule has 8 nitrogen and oxygen atoms in total. The molecule has 0 unspecified atom stereocenters. The van der Waals surface area contributed by atoms with Crippen molar-refractivity contribution in [3.05, 3.63) is 52.9 Å². The molecular weight excluding hydrogens is 394 g/mol. The fourth-order valence-electron chi connectivity index (χ4n) is 2.79. The Kier molecular flexibility index (Phi) is 5.05. The number of nitrogens with zero attached hydrogens (tertiary/aromatic N) is 2. The van der Waals surface area contributed by atoms with Gasteiger partial charge in [-0.05, 0) is 36.4 Å². The number of rotatable bonds is 6. The summed E-state index contributed by atoms with van der Waals surface area (Å²) in [4.78, 5) is 12.4. The van der Waals surface area contributed by atoms with Crippen LogP contribution in [0.4, 0.5) is 10.8 Å². The standard InChI is InChI=1S/C20H17N3O5S/c1-25-12-4-6-16-11(8-12)9-14(19(24)28-16)18-22-23-20(29-18)21-15-10-13(26-2)5-7-17(15)27-3/h4-10H,1-3H3,(H,21,23). The fourth-order valence-corrected chi connectivity index (χ4v) is 3.55. The minimum atomic E-state index is -0.482. The Hall–Kier alpha value is -3.59. The first-order chi connectivity index (χ1) is 14.1. The van der Waals surface area contributed by atoms with E-state index in [2.05, 4.69) is 15.5 Å². The predicted octanol–water partition coefficient (Wildman–Crippen LogP) is 4.08. The number of aromatic nitrogens is 2. The second-order valence-electron chi connectivity index (χ2n) is 5.95. The van der Waals surface area contributed by atoms with Gasteiger partial charge in [-0.1, -0.05) is 11.3 Å². The molecule has 0 fully saturated rings. The second kappa shape index (κ2) is 7.80. The average molecular weight is 411 g/mol. The summed E-state index contributed by atoms with van der Waals surface area (Å²) >= 11 is 1.23. The Bertz CT molecular complexity index is 1230. The van der Waals surface area contributed by atoms with Crippen molar-refractivity contribution in [3.63, 3.8) is 0 Å². The molecule has 0 bridgehead atoms. The third-order valence-electron chi connectivity index (χ3n) is 4.24. The smallest absolute Gasteiger partial charge is 0.346 e. The summed E-state index contributed by atoms with van der Waals surface area (Å²) in [7, 11) is 4.74. The Morgan fingerprint density at radius 3 is 2.45 bits per heavy atom. The molecule has 0 saturated carbocycles. The Balaban J connectivity index is 1.69. The number of methoxy groups -OCH3 is 3. The van der Waals surface area contributed by atoms with E-state index in [9.17, 15) is 4.79 Å². The monoisotopic (exact) mass is 411 g/mol. The van der Waals surface area contributed by atoms with Gasteiger partial charge >= 0.3 is 5.63 Å². The molecule has 0 radical (unpaired) electrons. The molecular formula is C20H17N3O5S. The first-order valence-corrected chi connectivity index (χ1v) is 9.37. The van der Waals surface area contributed by atoms with Crippen molar-refractivity contribution >= 4 is 33.1 Å². The lowest BCUT2D eigenvalue weighted by Gasteiger charge is -2.10. The lowest BCUT2D eigenvalue weighted by Crippen LogP contribution is -2.02. The van der Waals surface area contributed by atoms with Gasteiger partial charge in [-0.2, -0.15) is 0 Å². The molecule has 0 spiro atoms. The van der Waals surface area contributed by atoms with Crippen LogP contribution in [0.1, 0.15) is 0 Å². The van der Waals surface area contributed by atoms with Gasteiger partial charge in [0.25, 0.3) is 0 Å². The van der Waals surface area contributed by atoms with Crippen LogP contribution in [0.25, 0.3) is 21.5 Å². The van der Waals surface area contributed by atoms with E-state index in [0.29, 0.717) is 44.2 Å². The molecule has 0 saturated heterocycles. The minimum absolute atomic E-state index is 0.328. The summed E-state index contributed by atoms with van der Waals surface area (Å²) in [6, 6.07) is 12.3. The van der Waals surface area contributed by atoms with Crippen LogP contribution in [-0.4, -0.2) is 31.5 Å². The molecule has 29 heavy (non-hydrogen) atoms. The topological polar surface area (TPSA) is 95.7 Å². The Morgan fingerprint density at radius 2 is 1.69 bits per heavy atom. The zero-order chi connectivity index (χ0) is 20.4. The number of anilines is 2. The van der Waals surface area contributed by atoms with E-state index in [0.717, 1.165) is 5.39 Å². The normalized spacial score (nSPS) is 10.7. The molecule has 0 aliphatic carbocycles. The van der Waals surface area contributed by atoms with Crippen LogP contribution in [0.15, 0.2) is 51.7 Å². The van der Waals surface area contributed by atoms with E-state index in [1.54, 1.807) is 63.8 Å². The van der Waals surface area contributed by atoms with Gasteiger partial charge < -0.3 is 23.9 Å². The number of fused-ring (bicyclic) bond motifs is 1. The van der Waals surface area contributed by atoms with Gasteiger partial charge in [0.05, 0.1) is 32.6 Å². The maximum Gasteiger partial charge on any atom is 0.346 e. The summed E-state index contributed by atoms with van der Waals surface area (Å²) in [5, 5.41) is 13.1. The first-order valence-electron chi connectivity index (χ1n) is 8.56. The van der Waals surface area contributed by atoms with Crippen molar-refractivity contribution in [2.45, 2.75) is 0 Å². The molecule has 0 atom stereocenters. The van der Waals surface area contributed by atoms with Crippen LogP contribution in [-0.2, 0) is 0 Å². The van der Waals surface area contributed by atoms with E-state index >= 15 is 0 Å². The van der Waals surface area contributed by atoms with Crippen molar-refractivity contribution in [1.82, 2.24) is 10.2 Å². The third kappa shape index (κ3) is 3.72. The molecule has 148 valence electrons. The molecule has 4 rings (SSSR count). The highest BCUT2D eigenvalue weighted by atomic mass is 32.1. The number of hydrogen-bond donors (Lipinski definition) is 1. The molecule has 1 N–H and O–H groups in total. The van der Waals surface area contributed by atoms with Crippen LogP contribution in [0.5, 0.6) is 17.2 Å². The Labute approximate surface area is 169 Å². The molecule has 4 aromatic rings. The van der Waals surface area contributed by atoms with Crippen molar-refractivity contribution in [3.8, 4) is 27.8 Å². The highest BCUT2D eigenvalue weighted by molar-refractivity contribution is 7.18. The van der Waals surface area contributed by atoms with Crippen LogP contribution < -0.4 is 25.2 Å². The van der Waals surface area contributed by atoms with Crippen LogP contribution in [0.2, 0.25) is 0 Å².